The van der Waals surface area contributed by atoms with Crippen LogP contribution in [0.25, 0.3) is 0 Å². The van der Waals surface area contributed by atoms with Gasteiger partial charge in [-0.05, 0) is 18.4 Å². The third-order valence-corrected chi connectivity index (χ3v) is 4.07. The summed E-state index contributed by atoms with van der Waals surface area (Å²) in [5.41, 5.74) is -0.0356. The number of amides is 2. The minimum Gasteiger partial charge on any atom is -0.481 e. The minimum atomic E-state index is -1.03. The number of piperidine rings is 1. The Morgan fingerprint density at radius 1 is 1.27 bits per heavy atom. The summed E-state index contributed by atoms with van der Waals surface area (Å²) in [5, 5.41) is 14.8. The topological polar surface area (TPSA) is 95.5 Å². The largest absolute Gasteiger partial charge is 0.481 e. The van der Waals surface area contributed by atoms with Crippen LogP contribution >= 0.6 is 0 Å². The van der Waals surface area contributed by atoms with Crippen molar-refractivity contribution in [2.24, 2.45) is 5.41 Å². The summed E-state index contributed by atoms with van der Waals surface area (Å²) in [5.74, 6) is -1.27. The summed E-state index contributed by atoms with van der Waals surface area (Å²) in [4.78, 5) is 34.6. The molecule has 0 bridgehead atoms. The first-order valence-corrected chi connectivity index (χ1v) is 7.33. The summed E-state index contributed by atoms with van der Waals surface area (Å²) in [7, 11) is 0. The summed E-state index contributed by atoms with van der Waals surface area (Å²) < 4.78 is 0. The first kappa shape index (κ1) is 16.0. The maximum atomic E-state index is 11.9. The lowest BCUT2D eigenvalue weighted by Crippen LogP contribution is -2.48. The molecule has 2 amide bonds. The fourth-order valence-corrected chi connectivity index (χ4v) is 2.54. The Hall–Kier alpha value is -2.37. The van der Waals surface area contributed by atoms with E-state index in [1.165, 1.54) is 0 Å². The number of hydrogen-bond acceptors (Lipinski definition) is 3. The quantitative estimate of drug-likeness (QED) is 0.732. The molecule has 1 aromatic carbocycles. The molecule has 1 aromatic rings. The molecule has 1 heterocycles. The van der Waals surface area contributed by atoms with E-state index in [1.807, 2.05) is 30.3 Å². The number of hydrogen-bond donors (Lipinski definition) is 3. The molecule has 3 N–H and O–H groups in total. The van der Waals surface area contributed by atoms with Crippen LogP contribution in [-0.4, -0.2) is 29.4 Å². The SMILES string of the molecule is O=C(CC[C@]1(C(=O)O)CCC(=O)NC1)NCc1ccccc1. The zero-order chi connectivity index (χ0) is 16.0. The normalized spacial score (nSPS) is 21.0. The first-order valence-electron chi connectivity index (χ1n) is 7.33. The fourth-order valence-electron chi connectivity index (χ4n) is 2.54. The number of nitrogens with one attached hydrogen (secondary N) is 2. The van der Waals surface area contributed by atoms with Crippen LogP contribution < -0.4 is 10.6 Å². The second-order valence-corrected chi connectivity index (χ2v) is 5.62. The minimum absolute atomic E-state index is 0.0904. The maximum Gasteiger partial charge on any atom is 0.311 e. The van der Waals surface area contributed by atoms with E-state index in [0.29, 0.717) is 6.54 Å². The number of carboxylic acid groups (broad SMARTS) is 1. The second-order valence-electron chi connectivity index (χ2n) is 5.62. The van der Waals surface area contributed by atoms with E-state index in [1.54, 1.807) is 0 Å². The van der Waals surface area contributed by atoms with Crippen molar-refractivity contribution < 1.29 is 19.5 Å². The molecule has 1 fully saturated rings. The second kappa shape index (κ2) is 7.06. The molecule has 0 spiro atoms. The Bertz CT molecular complexity index is 547. The molecule has 118 valence electrons. The number of carbonyl (C=O) groups is 3. The number of aliphatic carboxylic acids is 1. The van der Waals surface area contributed by atoms with Crippen LogP contribution in [0.5, 0.6) is 0 Å². The van der Waals surface area contributed by atoms with Gasteiger partial charge in [0.15, 0.2) is 0 Å². The molecule has 1 saturated heterocycles. The van der Waals surface area contributed by atoms with Crippen LogP contribution in [0.15, 0.2) is 30.3 Å². The zero-order valence-electron chi connectivity index (χ0n) is 12.3. The van der Waals surface area contributed by atoms with E-state index in [-0.39, 0.29) is 44.0 Å². The summed E-state index contributed by atoms with van der Waals surface area (Å²) in [6.07, 6.45) is 0.830. The third kappa shape index (κ3) is 4.07. The standard InChI is InChI=1S/C16H20N2O4/c19-13(17-10-12-4-2-1-3-5-12)6-8-16(15(21)22)9-7-14(20)18-11-16/h1-5H,6-11H2,(H,17,19)(H,18,20)(H,21,22)/t16-/m0/s1. The van der Waals surface area contributed by atoms with Gasteiger partial charge in [-0.1, -0.05) is 30.3 Å². The fraction of sp³-hybridized carbons (Fsp3) is 0.438. The van der Waals surface area contributed by atoms with Crippen LogP contribution in [0.3, 0.4) is 0 Å². The Kier molecular flexibility index (Phi) is 5.14. The van der Waals surface area contributed by atoms with Gasteiger partial charge >= 0.3 is 5.97 Å². The molecule has 1 aliphatic rings. The summed E-state index contributed by atoms with van der Waals surface area (Å²) in [6.45, 7) is 0.517. The molecular weight excluding hydrogens is 284 g/mol. The Morgan fingerprint density at radius 2 is 2.00 bits per heavy atom. The van der Waals surface area contributed by atoms with Crippen molar-refractivity contribution in [3.63, 3.8) is 0 Å². The van der Waals surface area contributed by atoms with Crippen LogP contribution in [0.4, 0.5) is 0 Å². The summed E-state index contributed by atoms with van der Waals surface area (Å²) >= 11 is 0. The third-order valence-electron chi connectivity index (χ3n) is 4.07. The number of rotatable bonds is 6. The molecule has 1 atom stereocenters. The number of carboxylic acids is 1. The number of carbonyl (C=O) groups excluding carboxylic acids is 2. The van der Waals surface area contributed by atoms with Crippen LogP contribution in [-0.2, 0) is 20.9 Å². The van der Waals surface area contributed by atoms with Crippen molar-refractivity contribution in [3.8, 4) is 0 Å². The van der Waals surface area contributed by atoms with E-state index in [9.17, 15) is 19.5 Å². The molecule has 0 unspecified atom stereocenters. The van der Waals surface area contributed by atoms with Crippen LogP contribution in [0.1, 0.15) is 31.2 Å². The number of benzene rings is 1. The van der Waals surface area contributed by atoms with Crippen molar-refractivity contribution in [1.82, 2.24) is 10.6 Å². The predicted octanol–water partition coefficient (Wildman–Crippen LogP) is 1.06. The molecule has 6 heteroatoms. The van der Waals surface area contributed by atoms with Crippen molar-refractivity contribution in [2.75, 3.05) is 6.54 Å². The highest BCUT2D eigenvalue weighted by atomic mass is 16.4. The van der Waals surface area contributed by atoms with Gasteiger partial charge in [-0.25, -0.2) is 0 Å². The predicted molar refractivity (Wildman–Crippen MR) is 79.8 cm³/mol. The van der Waals surface area contributed by atoms with E-state index < -0.39 is 11.4 Å². The van der Waals surface area contributed by atoms with Crippen LogP contribution in [0.2, 0.25) is 0 Å². The van der Waals surface area contributed by atoms with Gasteiger partial charge in [0.1, 0.15) is 0 Å². The van der Waals surface area contributed by atoms with Crippen molar-refractivity contribution in [1.29, 1.82) is 0 Å². The van der Waals surface area contributed by atoms with Gasteiger partial charge in [0.05, 0.1) is 5.41 Å². The molecule has 0 aromatic heterocycles. The van der Waals surface area contributed by atoms with E-state index >= 15 is 0 Å². The van der Waals surface area contributed by atoms with Crippen LogP contribution in [0, 0.1) is 5.41 Å². The molecule has 0 aliphatic carbocycles. The molecule has 0 radical (unpaired) electrons. The average molecular weight is 304 g/mol. The van der Waals surface area contributed by atoms with Crippen molar-refractivity contribution in [3.05, 3.63) is 35.9 Å². The highest BCUT2D eigenvalue weighted by Crippen LogP contribution is 2.32. The Labute approximate surface area is 128 Å². The van der Waals surface area contributed by atoms with Gasteiger partial charge in [0.25, 0.3) is 0 Å². The van der Waals surface area contributed by atoms with E-state index in [4.69, 9.17) is 0 Å². The lowest BCUT2D eigenvalue weighted by atomic mass is 9.76. The van der Waals surface area contributed by atoms with E-state index in [0.717, 1.165) is 5.56 Å². The van der Waals surface area contributed by atoms with Crippen molar-refractivity contribution in [2.45, 2.75) is 32.2 Å². The molecular formula is C16H20N2O4. The van der Waals surface area contributed by atoms with Gasteiger partial charge < -0.3 is 15.7 Å². The van der Waals surface area contributed by atoms with E-state index in [2.05, 4.69) is 10.6 Å². The van der Waals surface area contributed by atoms with Gasteiger partial charge in [0, 0.05) is 25.9 Å². The molecule has 1 aliphatic heterocycles. The molecule has 6 nitrogen and oxygen atoms in total. The average Bonchev–Trinajstić information content (AvgIpc) is 2.53. The lowest BCUT2D eigenvalue weighted by Gasteiger charge is -2.33. The summed E-state index contributed by atoms with van der Waals surface area (Å²) in [6, 6.07) is 9.52. The molecule has 0 saturated carbocycles. The highest BCUT2D eigenvalue weighted by Gasteiger charge is 2.41. The lowest BCUT2D eigenvalue weighted by molar-refractivity contribution is -0.152. The Balaban J connectivity index is 1.83. The van der Waals surface area contributed by atoms with Gasteiger partial charge in [-0.15, -0.1) is 0 Å². The maximum absolute atomic E-state index is 11.9. The monoisotopic (exact) mass is 304 g/mol. The molecule has 2 rings (SSSR count). The Morgan fingerprint density at radius 3 is 2.59 bits per heavy atom. The van der Waals surface area contributed by atoms with Gasteiger partial charge in [-0.2, -0.15) is 0 Å². The van der Waals surface area contributed by atoms with Gasteiger partial charge in [-0.3, -0.25) is 14.4 Å². The van der Waals surface area contributed by atoms with Gasteiger partial charge in [0.2, 0.25) is 11.8 Å². The first-order chi connectivity index (χ1) is 10.5. The van der Waals surface area contributed by atoms with Crippen molar-refractivity contribution >= 4 is 17.8 Å². The smallest absolute Gasteiger partial charge is 0.311 e. The highest BCUT2D eigenvalue weighted by molar-refractivity contribution is 5.83. The molecule has 22 heavy (non-hydrogen) atoms. The zero-order valence-corrected chi connectivity index (χ0v) is 12.3.